The average Bonchev–Trinajstić information content (AvgIpc) is 3.19. The lowest BCUT2D eigenvalue weighted by atomic mass is 10.1. The molecule has 0 fully saturated rings. The number of aromatic nitrogens is 2. The molecule has 0 saturated carbocycles. The monoisotopic (exact) mass is 497 g/mol. The lowest BCUT2D eigenvalue weighted by Gasteiger charge is -2.09. The SMILES string of the molecule is Cc1ccc(C(=O)Nc2nnc(SCC(=O)Nc3cccc(C(F)(F)F)c3)s2)cc1[N+](=O)[O-]. The van der Waals surface area contributed by atoms with Gasteiger partial charge in [0, 0.05) is 22.9 Å². The van der Waals surface area contributed by atoms with Gasteiger partial charge in [-0.1, -0.05) is 35.2 Å². The van der Waals surface area contributed by atoms with Crippen molar-refractivity contribution in [3.63, 3.8) is 0 Å². The van der Waals surface area contributed by atoms with Crippen molar-refractivity contribution in [3.05, 3.63) is 69.3 Å². The summed E-state index contributed by atoms with van der Waals surface area (Å²) in [5, 5.41) is 23.6. The number of nitrogens with one attached hydrogen (secondary N) is 2. The van der Waals surface area contributed by atoms with Crippen LogP contribution >= 0.6 is 23.1 Å². The summed E-state index contributed by atoms with van der Waals surface area (Å²) in [6.07, 6.45) is -4.52. The fraction of sp³-hybridized carbons (Fsp3) is 0.158. The zero-order chi connectivity index (χ0) is 24.2. The van der Waals surface area contributed by atoms with Crippen LogP contribution in [0.1, 0.15) is 21.5 Å². The zero-order valence-electron chi connectivity index (χ0n) is 16.7. The molecule has 14 heteroatoms. The highest BCUT2D eigenvalue weighted by Crippen LogP contribution is 2.31. The Kier molecular flexibility index (Phi) is 7.28. The van der Waals surface area contributed by atoms with E-state index in [2.05, 4.69) is 20.8 Å². The third-order valence-electron chi connectivity index (χ3n) is 4.10. The number of amides is 2. The molecule has 0 spiro atoms. The van der Waals surface area contributed by atoms with Crippen molar-refractivity contribution in [2.24, 2.45) is 0 Å². The van der Waals surface area contributed by atoms with Crippen LogP contribution in [0.2, 0.25) is 0 Å². The second-order valence-electron chi connectivity index (χ2n) is 6.50. The molecule has 2 N–H and O–H groups in total. The second kappa shape index (κ2) is 9.95. The Morgan fingerprint density at radius 2 is 1.91 bits per heavy atom. The van der Waals surface area contributed by atoms with Crippen LogP contribution in [0.15, 0.2) is 46.8 Å². The Morgan fingerprint density at radius 1 is 1.15 bits per heavy atom. The van der Waals surface area contributed by atoms with Gasteiger partial charge in [-0.15, -0.1) is 10.2 Å². The minimum absolute atomic E-state index is 0.00725. The number of alkyl halides is 3. The fourth-order valence-electron chi connectivity index (χ4n) is 2.53. The van der Waals surface area contributed by atoms with Gasteiger partial charge in [0.25, 0.3) is 11.6 Å². The molecule has 9 nitrogen and oxygen atoms in total. The summed E-state index contributed by atoms with van der Waals surface area (Å²) in [5.41, 5.74) is -0.584. The van der Waals surface area contributed by atoms with E-state index in [-0.39, 0.29) is 27.8 Å². The maximum Gasteiger partial charge on any atom is 0.416 e. The van der Waals surface area contributed by atoms with Gasteiger partial charge in [-0.3, -0.25) is 25.0 Å². The zero-order valence-corrected chi connectivity index (χ0v) is 18.3. The summed E-state index contributed by atoms with van der Waals surface area (Å²) in [4.78, 5) is 34.8. The van der Waals surface area contributed by atoms with Crippen molar-refractivity contribution in [3.8, 4) is 0 Å². The molecule has 2 amide bonds. The van der Waals surface area contributed by atoms with Gasteiger partial charge in [0.2, 0.25) is 11.0 Å². The second-order valence-corrected chi connectivity index (χ2v) is 8.70. The van der Waals surface area contributed by atoms with Crippen LogP contribution in [-0.4, -0.2) is 32.7 Å². The molecule has 0 aliphatic rings. The van der Waals surface area contributed by atoms with Gasteiger partial charge < -0.3 is 5.32 Å². The van der Waals surface area contributed by atoms with E-state index in [1.807, 2.05) is 0 Å². The molecule has 0 bridgehead atoms. The molecule has 0 saturated heterocycles. The third-order valence-corrected chi connectivity index (χ3v) is 6.07. The molecule has 172 valence electrons. The Morgan fingerprint density at radius 3 is 2.61 bits per heavy atom. The first kappa shape index (κ1) is 24.1. The molecule has 1 heterocycles. The number of carbonyl (C=O) groups excluding carboxylic acids is 2. The van der Waals surface area contributed by atoms with Crippen LogP contribution in [0.3, 0.4) is 0 Å². The predicted octanol–water partition coefficient (Wildman–Crippen LogP) is 4.76. The Balaban J connectivity index is 1.56. The Hall–Kier alpha value is -3.52. The summed E-state index contributed by atoms with van der Waals surface area (Å²) in [5.74, 6) is -1.32. The van der Waals surface area contributed by atoms with Gasteiger partial charge in [0.05, 0.1) is 16.2 Å². The first-order chi connectivity index (χ1) is 15.5. The summed E-state index contributed by atoms with van der Waals surface area (Å²) in [7, 11) is 0. The normalized spacial score (nSPS) is 11.2. The van der Waals surface area contributed by atoms with Crippen LogP contribution in [0.25, 0.3) is 0 Å². The topological polar surface area (TPSA) is 127 Å². The largest absolute Gasteiger partial charge is 0.416 e. The van der Waals surface area contributed by atoms with Crippen LogP contribution in [0, 0.1) is 17.0 Å². The van der Waals surface area contributed by atoms with Gasteiger partial charge in [-0.25, -0.2) is 0 Å². The smallest absolute Gasteiger partial charge is 0.325 e. The van der Waals surface area contributed by atoms with E-state index in [1.165, 1.54) is 24.3 Å². The van der Waals surface area contributed by atoms with Gasteiger partial charge in [-0.05, 0) is 31.2 Å². The number of nitro benzene ring substituents is 1. The highest BCUT2D eigenvalue weighted by atomic mass is 32.2. The number of rotatable bonds is 7. The molecule has 0 aliphatic heterocycles. The Bertz CT molecular complexity index is 1220. The number of carbonyl (C=O) groups is 2. The molecular weight excluding hydrogens is 483 g/mol. The van der Waals surface area contributed by atoms with Crippen molar-refractivity contribution in [1.82, 2.24) is 10.2 Å². The molecule has 3 rings (SSSR count). The number of aryl methyl sites for hydroxylation is 1. The Labute approximate surface area is 192 Å². The van der Waals surface area contributed by atoms with Crippen molar-refractivity contribution >= 4 is 51.4 Å². The lowest BCUT2D eigenvalue weighted by molar-refractivity contribution is -0.385. The highest BCUT2D eigenvalue weighted by Gasteiger charge is 2.30. The van der Waals surface area contributed by atoms with E-state index in [1.54, 1.807) is 6.92 Å². The van der Waals surface area contributed by atoms with Gasteiger partial charge in [-0.2, -0.15) is 13.2 Å². The molecule has 0 radical (unpaired) electrons. The molecule has 1 aromatic heterocycles. The van der Waals surface area contributed by atoms with Crippen molar-refractivity contribution in [2.75, 3.05) is 16.4 Å². The fourth-order valence-corrected chi connectivity index (χ4v) is 4.08. The van der Waals surface area contributed by atoms with Crippen LogP contribution in [0.4, 0.5) is 29.7 Å². The van der Waals surface area contributed by atoms with E-state index in [4.69, 9.17) is 0 Å². The van der Waals surface area contributed by atoms with E-state index in [0.717, 1.165) is 41.3 Å². The van der Waals surface area contributed by atoms with E-state index >= 15 is 0 Å². The molecule has 2 aromatic carbocycles. The highest BCUT2D eigenvalue weighted by molar-refractivity contribution is 8.01. The van der Waals surface area contributed by atoms with E-state index < -0.39 is 28.5 Å². The molecule has 0 aliphatic carbocycles. The summed E-state index contributed by atoms with van der Waals surface area (Å²) in [6, 6.07) is 8.30. The number of benzene rings is 2. The number of thioether (sulfide) groups is 1. The van der Waals surface area contributed by atoms with Crippen LogP contribution in [-0.2, 0) is 11.0 Å². The number of anilines is 2. The van der Waals surface area contributed by atoms with E-state index in [9.17, 15) is 32.9 Å². The van der Waals surface area contributed by atoms with Crippen molar-refractivity contribution in [2.45, 2.75) is 17.4 Å². The number of hydrogen-bond donors (Lipinski definition) is 2. The third kappa shape index (κ3) is 6.49. The van der Waals surface area contributed by atoms with Gasteiger partial charge in [0.1, 0.15) is 0 Å². The van der Waals surface area contributed by atoms with E-state index in [0.29, 0.717) is 9.90 Å². The first-order valence-corrected chi connectivity index (χ1v) is 10.8. The quantitative estimate of drug-likeness (QED) is 0.209. The summed E-state index contributed by atoms with van der Waals surface area (Å²) < 4.78 is 38.6. The number of hydrogen-bond acceptors (Lipinski definition) is 8. The van der Waals surface area contributed by atoms with Crippen LogP contribution in [0.5, 0.6) is 0 Å². The lowest BCUT2D eigenvalue weighted by Crippen LogP contribution is -2.15. The average molecular weight is 497 g/mol. The summed E-state index contributed by atoms with van der Waals surface area (Å²) in [6.45, 7) is 1.55. The first-order valence-electron chi connectivity index (χ1n) is 9.03. The standard InChI is InChI=1S/C19H14F3N5O4S2/c1-10-5-6-11(7-14(10)27(30)31)16(29)24-17-25-26-18(33-17)32-9-15(28)23-13-4-2-3-12(8-13)19(20,21)22/h2-8H,9H2,1H3,(H,23,28)(H,24,25,29). The van der Waals surface area contributed by atoms with Crippen molar-refractivity contribution < 1.29 is 27.7 Å². The van der Waals surface area contributed by atoms with Crippen molar-refractivity contribution in [1.29, 1.82) is 0 Å². The van der Waals surface area contributed by atoms with Crippen LogP contribution < -0.4 is 10.6 Å². The minimum atomic E-state index is -4.52. The summed E-state index contributed by atoms with van der Waals surface area (Å²) >= 11 is 1.95. The minimum Gasteiger partial charge on any atom is -0.325 e. The number of nitrogens with zero attached hydrogens (tertiary/aromatic N) is 3. The molecule has 0 atom stereocenters. The number of nitro groups is 1. The maximum absolute atomic E-state index is 12.8. The molecule has 0 unspecified atom stereocenters. The number of halogens is 3. The van der Waals surface area contributed by atoms with Gasteiger partial charge in [0.15, 0.2) is 4.34 Å². The molecule has 3 aromatic rings. The van der Waals surface area contributed by atoms with Gasteiger partial charge >= 0.3 is 6.18 Å². The maximum atomic E-state index is 12.8. The molecule has 33 heavy (non-hydrogen) atoms. The molecular formula is C19H14F3N5O4S2. The predicted molar refractivity (Wildman–Crippen MR) is 116 cm³/mol.